The van der Waals surface area contributed by atoms with E-state index in [1.54, 1.807) is 23.3 Å². The van der Waals surface area contributed by atoms with Gasteiger partial charge in [-0.1, -0.05) is 17.4 Å². The van der Waals surface area contributed by atoms with Crippen molar-refractivity contribution in [2.45, 2.75) is 27.3 Å². The van der Waals surface area contributed by atoms with Crippen LogP contribution in [0, 0.1) is 13.8 Å². The average Bonchev–Trinajstić information content (AvgIpc) is 3.39. The third-order valence-corrected chi connectivity index (χ3v) is 5.90. The van der Waals surface area contributed by atoms with E-state index >= 15 is 0 Å². The number of hydrogen-bond donors (Lipinski definition) is 0. The highest BCUT2D eigenvalue weighted by atomic mass is 32.1. The second kappa shape index (κ2) is 8.09. The van der Waals surface area contributed by atoms with Gasteiger partial charge in [-0.3, -0.25) is 9.69 Å². The van der Waals surface area contributed by atoms with Gasteiger partial charge in [0.2, 0.25) is 0 Å². The summed E-state index contributed by atoms with van der Waals surface area (Å²) in [6.45, 7) is 6.96. The highest BCUT2D eigenvalue weighted by molar-refractivity contribution is 7.22. The summed E-state index contributed by atoms with van der Waals surface area (Å²) in [5.74, 6) is 1.32. The van der Waals surface area contributed by atoms with Crippen LogP contribution in [0.15, 0.2) is 59.2 Å². The molecular weight excluding hydrogens is 384 g/mol. The van der Waals surface area contributed by atoms with Crippen LogP contribution < -0.4 is 9.64 Å². The molecule has 0 N–H and O–H groups in total. The average molecular weight is 407 g/mol. The molecule has 29 heavy (non-hydrogen) atoms. The molecule has 0 radical (unpaired) electrons. The van der Waals surface area contributed by atoms with Crippen molar-refractivity contribution in [2.75, 3.05) is 11.5 Å². The summed E-state index contributed by atoms with van der Waals surface area (Å²) in [6, 6.07) is 15.0. The van der Waals surface area contributed by atoms with Crippen LogP contribution in [0.25, 0.3) is 10.2 Å². The van der Waals surface area contributed by atoms with E-state index in [-0.39, 0.29) is 5.91 Å². The SMILES string of the molecule is CCOc1ccc(C(=O)N(Cc2ccco2)c2nc3c(C)c(C)ccc3s2)cc1. The van der Waals surface area contributed by atoms with Gasteiger partial charge >= 0.3 is 0 Å². The molecule has 1 amide bonds. The molecule has 5 nitrogen and oxygen atoms in total. The molecule has 0 fully saturated rings. The van der Waals surface area contributed by atoms with Gasteiger partial charge in [-0.15, -0.1) is 0 Å². The maximum absolute atomic E-state index is 13.4. The molecule has 0 saturated carbocycles. The zero-order chi connectivity index (χ0) is 20.4. The minimum absolute atomic E-state index is 0.127. The Balaban J connectivity index is 1.73. The highest BCUT2D eigenvalue weighted by Gasteiger charge is 2.23. The van der Waals surface area contributed by atoms with Crippen molar-refractivity contribution in [3.63, 3.8) is 0 Å². The van der Waals surface area contributed by atoms with Crippen molar-refractivity contribution in [3.8, 4) is 5.75 Å². The van der Waals surface area contributed by atoms with Gasteiger partial charge in [0.1, 0.15) is 11.5 Å². The van der Waals surface area contributed by atoms with Gasteiger partial charge in [0.25, 0.3) is 5.91 Å². The predicted octanol–water partition coefficient (Wildman–Crippen LogP) is 5.75. The zero-order valence-corrected chi connectivity index (χ0v) is 17.5. The van der Waals surface area contributed by atoms with Crippen molar-refractivity contribution in [1.29, 1.82) is 0 Å². The quantitative estimate of drug-likeness (QED) is 0.409. The molecule has 2 aromatic heterocycles. The number of aryl methyl sites for hydroxylation is 2. The lowest BCUT2D eigenvalue weighted by molar-refractivity contribution is 0.0983. The Morgan fingerprint density at radius 3 is 2.62 bits per heavy atom. The molecule has 0 unspecified atom stereocenters. The number of hydrogen-bond acceptors (Lipinski definition) is 5. The zero-order valence-electron chi connectivity index (χ0n) is 16.6. The Hall–Kier alpha value is -3.12. The third-order valence-electron chi connectivity index (χ3n) is 4.86. The Morgan fingerprint density at radius 1 is 1.14 bits per heavy atom. The number of fused-ring (bicyclic) bond motifs is 1. The molecule has 0 aliphatic heterocycles. The van der Waals surface area contributed by atoms with E-state index in [4.69, 9.17) is 14.1 Å². The lowest BCUT2D eigenvalue weighted by Gasteiger charge is -2.19. The normalized spacial score (nSPS) is 11.0. The number of carbonyl (C=O) groups excluding carboxylic acids is 1. The fourth-order valence-electron chi connectivity index (χ4n) is 3.13. The Morgan fingerprint density at radius 2 is 1.93 bits per heavy atom. The molecule has 6 heteroatoms. The molecular formula is C23H22N2O3S. The van der Waals surface area contributed by atoms with E-state index in [1.807, 2.05) is 31.2 Å². The number of amides is 1. The minimum Gasteiger partial charge on any atom is -0.494 e. The topological polar surface area (TPSA) is 55.6 Å². The van der Waals surface area contributed by atoms with Crippen molar-refractivity contribution in [2.24, 2.45) is 0 Å². The Kier molecular flexibility index (Phi) is 5.36. The molecule has 2 heterocycles. The number of benzene rings is 2. The predicted molar refractivity (Wildman–Crippen MR) is 116 cm³/mol. The van der Waals surface area contributed by atoms with Crippen LogP contribution in [0.1, 0.15) is 34.2 Å². The van der Waals surface area contributed by atoms with Crippen LogP contribution in [0.4, 0.5) is 5.13 Å². The maximum Gasteiger partial charge on any atom is 0.260 e. The van der Waals surface area contributed by atoms with Crippen LogP contribution in [-0.2, 0) is 6.54 Å². The summed E-state index contributed by atoms with van der Waals surface area (Å²) < 4.78 is 12.0. The van der Waals surface area contributed by atoms with E-state index in [0.717, 1.165) is 21.5 Å². The Labute approximate surface area is 173 Å². The summed E-state index contributed by atoms with van der Waals surface area (Å²) in [6.07, 6.45) is 1.61. The first-order valence-electron chi connectivity index (χ1n) is 9.50. The molecule has 0 saturated heterocycles. The van der Waals surface area contributed by atoms with E-state index < -0.39 is 0 Å². The molecule has 4 rings (SSSR count). The molecule has 0 aliphatic rings. The van der Waals surface area contributed by atoms with Crippen LogP contribution in [0.5, 0.6) is 5.75 Å². The lowest BCUT2D eigenvalue weighted by Crippen LogP contribution is -2.30. The van der Waals surface area contributed by atoms with E-state index in [1.165, 1.54) is 16.9 Å². The first kappa shape index (κ1) is 19.2. The minimum atomic E-state index is -0.127. The number of thiazole rings is 1. The number of nitrogens with zero attached hydrogens (tertiary/aromatic N) is 2. The molecule has 0 atom stereocenters. The summed E-state index contributed by atoms with van der Waals surface area (Å²) in [5.41, 5.74) is 3.84. The fourth-order valence-corrected chi connectivity index (χ4v) is 4.15. The molecule has 148 valence electrons. The van der Waals surface area contributed by atoms with Crippen molar-refractivity contribution in [3.05, 3.63) is 77.2 Å². The monoisotopic (exact) mass is 406 g/mol. The van der Waals surface area contributed by atoms with Gasteiger partial charge in [-0.05, 0) is 74.4 Å². The van der Waals surface area contributed by atoms with Gasteiger partial charge in [-0.2, -0.15) is 0 Å². The number of anilines is 1. The largest absolute Gasteiger partial charge is 0.494 e. The van der Waals surface area contributed by atoms with Crippen molar-refractivity contribution < 1.29 is 13.9 Å². The van der Waals surface area contributed by atoms with Crippen molar-refractivity contribution >= 4 is 32.6 Å². The second-order valence-electron chi connectivity index (χ2n) is 6.78. The van der Waals surface area contributed by atoms with Gasteiger partial charge in [0.15, 0.2) is 5.13 Å². The molecule has 0 aliphatic carbocycles. The van der Waals surface area contributed by atoms with E-state index in [2.05, 4.69) is 26.0 Å². The smallest absolute Gasteiger partial charge is 0.260 e. The summed E-state index contributed by atoms with van der Waals surface area (Å²) in [7, 11) is 0. The first-order chi connectivity index (χ1) is 14.1. The number of ether oxygens (including phenoxy) is 1. The lowest BCUT2D eigenvalue weighted by atomic mass is 10.1. The molecule has 0 bridgehead atoms. The second-order valence-corrected chi connectivity index (χ2v) is 7.79. The van der Waals surface area contributed by atoms with Gasteiger partial charge < -0.3 is 9.15 Å². The van der Waals surface area contributed by atoms with Crippen molar-refractivity contribution in [1.82, 2.24) is 4.98 Å². The third kappa shape index (κ3) is 3.89. The standard InChI is InChI=1S/C23H22N2O3S/c1-4-27-18-10-8-17(9-11-18)22(26)25(14-19-6-5-13-28-19)23-24-21-16(3)15(2)7-12-20(21)29-23/h5-13H,4,14H2,1-3H3. The Bertz CT molecular complexity index is 1130. The highest BCUT2D eigenvalue weighted by Crippen LogP contribution is 2.33. The van der Waals surface area contributed by atoms with Crippen LogP contribution >= 0.6 is 11.3 Å². The summed E-state index contributed by atoms with van der Waals surface area (Å²) in [4.78, 5) is 19.9. The van der Waals surface area contributed by atoms with E-state index in [0.29, 0.717) is 29.6 Å². The van der Waals surface area contributed by atoms with Gasteiger partial charge in [-0.25, -0.2) is 4.98 Å². The van der Waals surface area contributed by atoms with Gasteiger partial charge in [0.05, 0.1) is 29.6 Å². The van der Waals surface area contributed by atoms with Crippen LogP contribution in [-0.4, -0.2) is 17.5 Å². The van der Waals surface area contributed by atoms with Crippen LogP contribution in [0.3, 0.4) is 0 Å². The molecule has 4 aromatic rings. The first-order valence-corrected chi connectivity index (χ1v) is 10.3. The number of furan rings is 1. The molecule has 2 aromatic carbocycles. The summed E-state index contributed by atoms with van der Waals surface area (Å²) >= 11 is 1.51. The van der Waals surface area contributed by atoms with Gasteiger partial charge in [0, 0.05) is 5.56 Å². The number of rotatable bonds is 6. The molecule has 0 spiro atoms. The number of carbonyl (C=O) groups is 1. The summed E-state index contributed by atoms with van der Waals surface area (Å²) in [5, 5.41) is 0.656. The van der Waals surface area contributed by atoms with Crippen LogP contribution in [0.2, 0.25) is 0 Å². The fraction of sp³-hybridized carbons (Fsp3) is 0.217. The van der Waals surface area contributed by atoms with E-state index in [9.17, 15) is 4.79 Å². The number of aromatic nitrogens is 1. The maximum atomic E-state index is 13.4.